The van der Waals surface area contributed by atoms with Gasteiger partial charge < -0.3 is 24.6 Å². The van der Waals surface area contributed by atoms with Gasteiger partial charge in [-0.3, -0.25) is 4.79 Å². The van der Waals surface area contributed by atoms with Crippen LogP contribution in [-0.2, 0) is 26.0 Å². The van der Waals surface area contributed by atoms with Gasteiger partial charge in [-0.15, -0.1) is 0 Å². The number of aliphatic hydroxyl groups is 1. The van der Waals surface area contributed by atoms with Crippen molar-refractivity contribution in [3.05, 3.63) is 53.6 Å². The molecule has 180 valence electrons. The summed E-state index contributed by atoms with van der Waals surface area (Å²) in [4.78, 5) is 12.5. The van der Waals surface area contributed by atoms with Crippen molar-refractivity contribution in [2.24, 2.45) is 0 Å². The Kier molecular flexibility index (Phi) is 8.67. The van der Waals surface area contributed by atoms with E-state index in [1.165, 1.54) is 18.5 Å². The summed E-state index contributed by atoms with van der Waals surface area (Å²) < 4.78 is 42.4. The molecule has 9 nitrogen and oxygen atoms in total. The number of sulfonamides is 1. The summed E-state index contributed by atoms with van der Waals surface area (Å²) in [5.41, 5.74) is 1.37. The van der Waals surface area contributed by atoms with E-state index in [0.717, 1.165) is 5.56 Å². The Morgan fingerprint density at radius 3 is 2.45 bits per heavy atom. The normalized spacial score (nSPS) is 15.6. The third-order valence-corrected chi connectivity index (χ3v) is 7.37. The van der Waals surface area contributed by atoms with E-state index in [1.54, 1.807) is 42.5 Å². The Hall–Kier alpha value is -2.66. The average Bonchev–Trinajstić information content (AvgIpc) is 2.86. The molecule has 1 unspecified atom stereocenters. The number of hydrogen-bond acceptors (Lipinski definition) is 7. The molecular weight excluding hydrogens is 448 g/mol. The third kappa shape index (κ3) is 6.44. The van der Waals surface area contributed by atoms with Gasteiger partial charge in [0.2, 0.25) is 15.9 Å². The average molecular weight is 479 g/mol. The predicted molar refractivity (Wildman–Crippen MR) is 122 cm³/mol. The second-order valence-corrected chi connectivity index (χ2v) is 9.53. The molecular formula is C23H30N2O7S. The molecule has 10 heteroatoms. The molecule has 2 N–H and O–H groups in total. The fourth-order valence-corrected chi connectivity index (χ4v) is 4.94. The summed E-state index contributed by atoms with van der Waals surface area (Å²) in [6.45, 7) is 1.51. The van der Waals surface area contributed by atoms with E-state index < -0.39 is 16.1 Å². The SMILES string of the molecule is COc1ccc(OC)c(C(O)CNC(=O)CCc2ccc(S(=O)(=O)N3CCOCC3)cc2)c1. The first-order valence-corrected chi connectivity index (χ1v) is 12.1. The minimum atomic E-state index is -3.54. The molecule has 0 aliphatic carbocycles. The van der Waals surface area contributed by atoms with Gasteiger partial charge in [-0.05, 0) is 42.3 Å². The number of carbonyl (C=O) groups is 1. The van der Waals surface area contributed by atoms with Gasteiger partial charge in [-0.25, -0.2) is 8.42 Å². The van der Waals surface area contributed by atoms with Crippen LogP contribution in [0.2, 0.25) is 0 Å². The number of aryl methyl sites for hydroxylation is 1. The van der Waals surface area contributed by atoms with Crippen LogP contribution in [0.1, 0.15) is 23.7 Å². The zero-order valence-electron chi connectivity index (χ0n) is 18.8. The van der Waals surface area contributed by atoms with Crippen LogP contribution < -0.4 is 14.8 Å². The molecule has 0 bridgehead atoms. The molecule has 1 fully saturated rings. The molecule has 1 atom stereocenters. The van der Waals surface area contributed by atoms with Crippen LogP contribution in [0.25, 0.3) is 0 Å². The largest absolute Gasteiger partial charge is 0.497 e. The van der Waals surface area contributed by atoms with E-state index in [2.05, 4.69) is 5.32 Å². The van der Waals surface area contributed by atoms with Gasteiger partial charge in [0, 0.05) is 31.6 Å². The van der Waals surface area contributed by atoms with E-state index in [1.807, 2.05) is 0 Å². The van der Waals surface area contributed by atoms with Crippen molar-refractivity contribution in [2.45, 2.75) is 23.8 Å². The predicted octanol–water partition coefficient (Wildman–Crippen LogP) is 1.51. The zero-order chi connectivity index (χ0) is 23.8. The van der Waals surface area contributed by atoms with Gasteiger partial charge in [0.05, 0.1) is 38.4 Å². The second kappa shape index (κ2) is 11.5. The summed E-state index contributed by atoms with van der Waals surface area (Å²) in [5, 5.41) is 13.2. The number of carbonyl (C=O) groups excluding carboxylic acids is 1. The highest BCUT2D eigenvalue weighted by Gasteiger charge is 2.26. The monoisotopic (exact) mass is 478 g/mol. The number of morpholine rings is 1. The minimum Gasteiger partial charge on any atom is -0.497 e. The van der Waals surface area contributed by atoms with Crippen LogP contribution in [0.15, 0.2) is 47.4 Å². The fourth-order valence-electron chi connectivity index (χ4n) is 3.53. The van der Waals surface area contributed by atoms with E-state index in [4.69, 9.17) is 14.2 Å². The topological polar surface area (TPSA) is 114 Å². The van der Waals surface area contributed by atoms with E-state index in [9.17, 15) is 18.3 Å². The first-order valence-electron chi connectivity index (χ1n) is 10.7. The van der Waals surface area contributed by atoms with Crippen molar-refractivity contribution in [3.63, 3.8) is 0 Å². The van der Waals surface area contributed by atoms with Crippen molar-refractivity contribution < 1.29 is 32.5 Å². The molecule has 1 amide bonds. The van der Waals surface area contributed by atoms with Crippen molar-refractivity contribution in [1.82, 2.24) is 9.62 Å². The van der Waals surface area contributed by atoms with Gasteiger partial charge in [0.15, 0.2) is 0 Å². The summed E-state index contributed by atoms with van der Waals surface area (Å²) in [6.07, 6.45) is -0.302. The smallest absolute Gasteiger partial charge is 0.243 e. The molecule has 1 aliphatic heterocycles. The molecule has 0 saturated carbocycles. The van der Waals surface area contributed by atoms with E-state index in [0.29, 0.717) is 49.8 Å². The van der Waals surface area contributed by atoms with Crippen LogP contribution in [0.5, 0.6) is 11.5 Å². The van der Waals surface area contributed by atoms with Crippen molar-refractivity contribution in [2.75, 3.05) is 47.1 Å². The summed E-state index contributed by atoms with van der Waals surface area (Å²) in [6, 6.07) is 11.7. The maximum absolute atomic E-state index is 12.7. The molecule has 1 aliphatic rings. The van der Waals surface area contributed by atoms with Gasteiger partial charge >= 0.3 is 0 Å². The summed E-state index contributed by atoms with van der Waals surface area (Å²) in [7, 11) is -0.498. The van der Waals surface area contributed by atoms with Crippen LogP contribution in [0.3, 0.4) is 0 Å². The van der Waals surface area contributed by atoms with Gasteiger partial charge in [-0.2, -0.15) is 4.31 Å². The van der Waals surface area contributed by atoms with Crippen molar-refractivity contribution in [3.8, 4) is 11.5 Å². The van der Waals surface area contributed by atoms with Gasteiger partial charge in [0.25, 0.3) is 0 Å². The minimum absolute atomic E-state index is 0.0269. The molecule has 2 aromatic rings. The second-order valence-electron chi connectivity index (χ2n) is 7.59. The van der Waals surface area contributed by atoms with Gasteiger partial charge in [-0.1, -0.05) is 12.1 Å². The highest BCUT2D eigenvalue weighted by molar-refractivity contribution is 7.89. The quantitative estimate of drug-likeness (QED) is 0.532. The molecule has 33 heavy (non-hydrogen) atoms. The molecule has 0 radical (unpaired) electrons. The maximum atomic E-state index is 12.7. The number of methoxy groups -OCH3 is 2. The Morgan fingerprint density at radius 2 is 1.82 bits per heavy atom. The molecule has 0 spiro atoms. The molecule has 1 saturated heterocycles. The van der Waals surface area contributed by atoms with Crippen molar-refractivity contribution >= 4 is 15.9 Å². The lowest BCUT2D eigenvalue weighted by Crippen LogP contribution is -2.40. The number of nitrogens with one attached hydrogen (secondary N) is 1. The number of hydrogen-bond donors (Lipinski definition) is 2. The number of rotatable bonds is 10. The van der Waals surface area contributed by atoms with E-state index >= 15 is 0 Å². The maximum Gasteiger partial charge on any atom is 0.243 e. The lowest BCUT2D eigenvalue weighted by atomic mass is 10.1. The first kappa shape index (κ1) is 25.0. The van der Waals surface area contributed by atoms with Crippen LogP contribution in [0, 0.1) is 0 Å². The molecule has 2 aromatic carbocycles. The number of aliphatic hydroxyl groups excluding tert-OH is 1. The van der Waals surface area contributed by atoms with Gasteiger partial charge in [0.1, 0.15) is 11.5 Å². The zero-order valence-corrected chi connectivity index (χ0v) is 19.6. The third-order valence-electron chi connectivity index (χ3n) is 5.46. The van der Waals surface area contributed by atoms with Crippen LogP contribution in [0.4, 0.5) is 0 Å². The Morgan fingerprint density at radius 1 is 1.12 bits per heavy atom. The Labute approximate surface area is 194 Å². The highest BCUT2D eigenvalue weighted by Crippen LogP contribution is 2.29. The number of amides is 1. The molecule has 0 aromatic heterocycles. The van der Waals surface area contributed by atoms with Crippen LogP contribution in [-0.4, -0.2) is 70.8 Å². The Bertz CT molecular complexity index is 1040. The first-order chi connectivity index (χ1) is 15.8. The van der Waals surface area contributed by atoms with Crippen molar-refractivity contribution in [1.29, 1.82) is 0 Å². The molecule has 1 heterocycles. The highest BCUT2D eigenvalue weighted by atomic mass is 32.2. The number of benzene rings is 2. The summed E-state index contributed by atoms with van der Waals surface area (Å²) in [5.74, 6) is 0.862. The lowest BCUT2D eigenvalue weighted by molar-refractivity contribution is -0.121. The number of ether oxygens (including phenoxy) is 3. The Balaban J connectivity index is 1.51. The summed E-state index contributed by atoms with van der Waals surface area (Å²) >= 11 is 0. The van der Waals surface area contributed by atoms with E-state index in [-0.39, 0.29) is 23.8 Å². The fraction of sp³-hybridized carbons (Fsp3) is 0.435. The standard InChI is InChI=1S/C23H30N2O7S/c1-30-18-6-9-22(31-2)20(15-18)21(26)16-24-23(27)10-5-17-3-7-19(8-4-17)33(28,29)25-11-13-32-14-12-25/h3-4,6-9,15,21,26H,5,10-14,16H2,1-2H3,(H,24,27). The molecule has 3 rings (SSSR count). The van der Waals surface area contributed by atoms with Crippen LogP contribution >= 0.6 is 0 Å². The number of nitrogens with zero attached hydrogens (tertiary/aromatic N) is 1. The lowest BCUT2D eigenvalue weighted by Gasteiger charge is -2.26.